The van der Waals surface area contributed by atoms with Crippen molar-refractivity contribution in [3.63, 3.8) is 0 Å². The lowest BCUT2D eigenvalue weighted by Gasteiger charge is -2.14. The van der Waals surface area contributed by atoms with E-state index < -0.39 is 0 Å². The number of nitrogens with one attached hydrogen (secondary N) is 1. The van der Waals surface area contributed by atoms with E-state index in [1.807, 2.05) is 32.9 Å². The van der Waals surface area contributed by atoms with E-state index in [9.17, 15) is 4.79 Å². The fourth-order valence-corrected chi connectivity index (χ4v) is 2.19. The molecule has 0 aromatic heterocycles. The fourth-order valence-electron chi connectivity index (χ4n) is 1.96. The van der Waals surface area contributed by atoms with E-state index in [1.165, 1.54) is 0 Å². The van der Waals surface area contributed by atoms with Gasteiger partial charge < -0.3 is 10.1 Å². The van der Waals surface area contributed by atoms with Crippen molar-refractivity contribution in [3.05, 3.63) is 27.7 Å². The van der Waals surface area contributed by atoms with E-state index in [2.05, 4.69) is 28.2 Å². The van der Waals surface area contributed by atoms with Crippen molar-refractivity contribution in [2.75, 3.05) is 6.61 Å². The van der Waals surface area contributed by atoms with E-state index in [0.29, 0.717) is 0 Å². The smallest absolute Gasteiger partial charge is 0.258 e. The molecule has 1 rings (SSSR count). The van der Waals surface area contributed by atoms with Crippen LogP contribution in [0.25, 0.3) is 0 Å². The van der Waals surface area contributed by atoms with E-state index >= 15 is 0 Å². The predicted octanol–water partition coefficient (Wildman–Crippen LogP) is 3.75. The molecular formula is C15H22BrNO2. The molecule has 0 saturated heterocycles. The molecule has 1 unspecified atom stereocenters. The van der Waals surface area contributed by atoms with Crippen LogP contribution in [-0.2, 0) is 4.79 Å². The molecule has 1 amide bonds. The summed E-state index contributed by atoms with van der Waals surface area (Å²) in [6.45, 7) is 8.19. The van der Waals surface area contributed by atoms with Crippen molar-refractivity contribution in [1.29, 1.82) is 0 Å². The summed E-state index contributed by atoms with van der Waals surface area (Å²) in [6.07, 6.45) is 2.05. The first-order valence-electron chi connectivity index (χ1n) is 6.63. The lowest BCUT2D eigenvalue weighted by molar-refractivity contribution is -0.123. The Morgan fingerprint density at radius 2 is 1.95 bits per heavy atom. The van der Waals surface area contributed by atoms with Gasteiger partial charge in [-0.15, -0.1) is 0 Å². The summed E-state index contributed by atoms with van der Waals surface area (Å²) in [5.41, 5.74) is 2.21. The molecule has 0 saturated carbocycles. The number of rotatable bonds is 6. The maximum atomic E-state index is 11.7. The molecule has 1 aromatic carbocycles. The monoisotopic (exact) mass is 327 g/mol. The third-order valence-corrected chi connectivity index (χ3v) is 4.16. The molecule has 3 nitrogen and oxygen atoms in total. The van der Waals surface area contributed by atoms with Crippen LogP contribution in [-0.4, -0.2) is 18.6 Å². The highest BCUT2D eigenvalue weighted by molar-refractivity contribution is 9.10. The lowest BCUT2D eigenvalue weighted by atomic mass is 10.1. The molecule has 0 bridgehead atoms. The molecule has 1 N–H and O–H groups in total. The topological polar surface area (TPSA) is 38.3 Å². The minimum atomic E-state index is -0.0702. The second-order valence-electron chi connectivity index (χ2n) is 4.92. The van der Waals surface area contributed by atoms with Crippen molar-refractivity contribution in [2.24, 2.45) is 0 Å². The van der Waals surface area contributed by atoms with Crippen molar-refractivity contribution < 1.29 is 9.53 Å². The Balaban J connectivity index is 2.51. The van der Waals surface area contributed by atoms with Gasteiger partial charge in [-0.05, 0) is 50.5 Å². The number of amides is 1. The quantitative estimate of drug-likeness (QED) is 0.864. The minimum absolute atomic E-state index is 0.0641. The molecular weight excluding hydrogens is 306 g/mol. The molecule has 0 radical (unpaired) electrons. The Bertz CT molecular complexity index is 423. The van der Waals surface area contributed by atoms with Crippen LogP contribution >= 0.6 is 15.9 Å². The van der Waals surface area contributed by atoms with Crippen molar-refractivity contribution in [1.82, 2.24) is 5.32 Å². The van der Waals surface area contributed by atoms with Crippen molar-refractivity contribution in [2.45, 2.75) is 46.6 Å². The number of halogens is 1. The number of aryl methyl sites for hydroxylation is 2. The number of carbonyl (C=O) groups excluding carboxylic acids is 1. The molecule has 0 heterocycles. The van der Waals surface area contributed by atoms with Gasteiger partial charge in [-0.2, -0.15) is 0 Å². The molecule has 0 aliphatic rings. The highest BCUT2D eigenvalue weighted by Crippen LogP contribution is 2.26. The molecule has 1 atom stereocenters. The van der Waals surface area contributed by atoms with Crippen LogP contribution < -0.4 is 10.1 Å². The van der Waals surface area contributed by atoms with Crippen LogP contribution in [0.15, 0.2) is 16.6 Å². The zero-order valence-electron chi connectivity index (χ0n) is 12.0. The number of carbonyl (C=O) groups is 1. The van der Waals surface area contributed by atoms with Gasteiger partial charge in [-0.1, -0.05) is 29.3 Å². The van der Waals surface area contributed by atoms with Gasteiger partial charge in [0.05, 0.1) is 0 Å². The van der Waals surface area contributed by atoms with Gasteiger partial charge in [0.25, 0.3) is 5.91 Å². The Morgan fingerprint density at radius 3 is 2.47 bits per heavy atom. The van der Waals surface area contributed by atoms with Crippen molar-refractivity contribution in [3.8, 4) is 5.75 Å². The third-order valence-electron chi connectivity index (χ3n) is 2.91. The van der Waals surface area contributed by atoms with Gasteiger partial charge in [0, 0.05) is 10.5 Å². The second-order valence-corrected chi connectivity index (χ2v) is 5.71. The summed E-state index contributed by atoms with van der Waals surface area (Å²) in [5.74, 6) is 0.663. The van der Waals surface area contributed by atoms with Gasteiger partial charge in [0.2, 0.25) is 0 Å². The molecule has 0 aliphatic carbocycles. The summed E-state index contributed by atoms with van der Waals surface area (Å²) in [7, 11) is 0. The van der Waals surface area contributed by atoms with Crippen LogP contribution in [0.3, 0.4) is 0 Å². The average molecular weight is 328 g/mol. The Morgan fingerprint density at radius 1 is 1.37 bits per heavy atom. The van der Waals surface area contributed by atoms with Crippen molar-refractivity contribution >= 4 is 21.8 Å². The predicted molar refractivity (Wildman–Crippen MR) is 81.6 cm³/mol. The van der Waals surface area contributed by atoms with Crippen LogP contribution in [0, 0.1) is 13.8 Å². The minimum Gasteiger partial charge on any atom is -0.484 e. The lowest BCUT2D eigenvalue weighted by Crippen LogP contribution is -2.35. The summed E-state index contributed by atoms with van der Waals surface area (Å²) in [6, 6.07) is 4.06. The van der Waals surface area contributed by atoms with Gasteiger partial charge in [-0.3, -0.25) is 4.79 Å². The van der Waals surface area contributed by atoms with E-state index in [1.54, 1.807) is 0 Å². The number of hydrogen-bond acceptors (Lipinski definition) is 2. The highest BCUT2D eigenvalue weighted by Gasteiger charge is 2.08. The SMILES string of the molecule is CCCC(C)NC(=O)COc1cc(C)c(Br)c(C)c1. The van der Waals surface area contributed by atoms with Gasteiger partial charge in [0.1, 0.15) is 5.75 Å². The van der Waals surface area contributed by atoms with Crippen LogP contribution in [0.1, 0.15) is 37.8 Å². The summed E-state index contributed by atoms with van der Waals surface area (Å²) in [5, 5.41) is 2.92. The maximum absolute atomic E-state index is 11.7. The highest BCUT2D eigenvalue weighted by atomic mass is 79.9. The Labute approximate surface area is 123 Å². The summed E-state index contributed by atoms with van der Waals surface area (Å²) >= 11 is 3.51. The first-order chi connectivity index (χ1) is 8.93. The number of ether oxygens (including phenoxy) is 1. The second kappa shape index (κ2) is 7.53. The first kappa shape index (κ1) is 16.0. The van der Waals surface area contributed by atoms with E-state index in [4.69, 9.17) is 4.74 Å². The Kier molecular flexibility index (Phi) is 6.35. The first-order valence-corrected chi connectivity index (χ1v) is 7.42. The molecule has 106 valence electrons. The van der Waals surface area contributed by atoms with Gasteiger partial charge in [-0.25, -0.2) is 0 Å². The molecule has 4 heteroatoms. The van der Waals surface area contributed by atoms with Crippen LogP contribution in [0.2, 0.25) is 0 Å². The number of hydrogen-bond donors (Lipinski definition) is 1. The maximum Gasteiger partial charge on any atom is 0.258 e. The van der Waals surface area contributed by atoms with Crippen LogP contribution in [0.4, 0.5) is 0 Å². The summed E-state index contributed by atoms with van der Waals surface area (Å²) < 4.78 is 6.61. The third kappa shape index (κ3) is 5.23. The normalized spacial score (nSPS) is 12.1. The molecule has 0 spiro atoms. The number of benzene rings is 1. The Hall–Kier alpha value is -1.03. The zero-order chi connectivity index (χ0) is 14.4. The molecule has 19 heavy (non-hydrogen) atoms. The average Bonchev–Trinajstić information content (AvgIpc) is 2.33. The van der Waals surface area contributed by atoms with E-state index in [0.717, 1.165) is 34.2 Å². The van der Waals surface area contributed by atoms with E-state index in [-0.39, 0.29) is 18.6 Å². The molecule has 1 aromatic rings. The largest absolute Gasteiger partial charge is 0.484 e. The zero-order valence-corrected chi connectivity index (χ0v) is 13.6. The fraction of sp³-hybridized carbons (Fsp3) is 0.533. The standard InChI is InChI=1S/C15H22BrNO2/c1-5-6-12(4)17-14(18)9-19-13-7-10(2)15(16)11(3)8-13/h7-8,12H,5-6,9H2,1-4H3,(H,17,18). The van der Waals surface area contributed by atoms with Gasteiger partial charge >= 0.3 is 0 Å². The van der Waals surface area contributed by atoms with Crippen LogP contribution in [0.5, 0.6) is 5.75 Å². The molecule has 0 aliphatic heterocycles. The molecule has 0 fully saturated rings. The van der Waals surface area contributed by atoms with Gasteiger partial charge in [0.15, 0.2) is 6.61 Å². The summed E-state index contributed by atoms with van der Waals surface area (Å²) in [4.78, 5) is 11.7.